The molecule has 1 saturated heterocycles. The van der Waals surface area contributed by atoms with E-state index in [2.05, 4.69) is 19.2 Å². The third-order valence-electron chi connectivity index (χ3n) is 5.14. The van der Waals surface area contributed by atoms with E-state index in [-0.39, 0.29) is 5.60 Å². The van der Waals surface area contributed by atoms with Gasteiger partial charge in [-0.25, -0.2) is 0 Å². The Kier molecular flexibility index (Phi) is 2.16. The van der Waals surface area contributed by atoms with Gasteiger partial charge in [-0.05, 0) is 51.4 Å². The molecule has 0 aromatic heterocycles. The highest BCUT2D eigenvalue weighted by Gasteiger charge is 2.52. The van der Waals surface area contributed by atoms with Gasteiger partial charge < -0.3 is 10.1 Å². The van der Waals surface area contributed by atoms with Gasteiger partial charge in [0.25, 0.3) is 0 Å². The lowest BCUT2D eigenvalue weighted by atomic mass is 9.53. The Bertz CT molecular complexity index is 252. The maximum atomic E-state index is 5.78. The van der Waals surface area contributed by atoms with Gasteiger partial charge in [0, 0.05) is 18.7 Å². The fourth-order valence-electron chi connectivity index (χ4n) is 3.60. The van der Waals surface area contributed by atoms with Crippen molar-refractivity contribution in [2.75, 3.05) is 6.61 Å². The van der Waals surface area contributed by atoms with Crippen molar-refractivity contribution < 1.29 is 4.74 Å². The van der Waals surface area contributed by atoms with Crippen LogP contribution in [0.1, 0.15) is 52.4 Å². The second kappa shape index (κ2) is 3.21. The molecule has 2 aliphatic carbocycles. The molecule has 0 bridgehead atoms. The summed E-state index contributed by atoms with van der Waals surface area (Å²) in [5, 5.41) is 3.87. The van der Waals surface area contributed by atoms with E-state index in [1.165, 1.54) is 38.5 Å². The summed E-state index contributed by atoms with van der Waals surface area (Å²) in [6.07, 6.45) is 8.46. The van der Waals surface area contributed by atoms with Crippen molar-refractivity contribution in [3.8, 4) is 0 Å². The molecule has 2 unspecified atom stereocenters. The van der Waals surface area contributed by atoms with Crippen LogP contribution in [-0.2, 0) is 4.74 Å². The molecular formula is C13H23NO. The molecule has 3 aliphatic rings. The van der Waals surface area contributed by atoms with Crippen LogP contribution in [0.3, 0.4) is 0 Å². The number of nitrogens with one attached hydrogen (secondary N) is 1. The van der Waals surface area contributed by atoms with Crippen molar-refractivity contribution in [3.05, 3.63) is 0 Å². The lowest BCUT2D eigenvalue weighted by molar-refractivity contribution is -0.0402. The van der Waals surface area contributed by atoms with Gasteiger partial charge >= 0.3 is 0 Å². The van der Waals surface area contributed by atoms with Crippen molar-refractivity contribution >= 4 is 0 Å². The molecule has 2 saturated carbocycles. The second-order valence-corrected chi connectivity index (χ2v) is 6.27. The van der Waals surface area contributed by atoms with Gasteiger partial charge in [-0.3, -0.25) is 0 Å². The monoisotopic (exact) mass is 209 g/mol. The van der Waals surface area contributed by atoms with Crippen molar-refractivity contribution in [3.63, 3.8) is 0 Å². The molecule has 2 nitrogen and oxygen atoms in total. The Hall–Kier alpha value is -0.0800. The molecule has 1 heterocycles. The topological polar surface area (TPSA) is 21.3 Å². The minimum Gasteiger partial charge on any atom is -0.374 e. The van der Waals surface area contributed by atoms with Crippen LogP contribution in [0.2, 0.25) is 0 Å². The number of rotatable bonds is 2. The molecule has 0 aromatic carbocycles. The van der Waals surface area contributed by atoms with Crippen molar-refractivity contribution in [1.82, 2.24) is 5.32 Å². The third-order valence-corrected chi connectivity index (χ3v) is 5.14. The summed E-state index contributed by atoms with van der Waals surface area (Å²) in [6, 6.07) is 1.39. The van der Waals surface area contributed by atoms with E-state index < -0.39 is 0 Å². The Labute approximate surface area is 92.8 Å². The predicted octanol–water partition coefficient (Wildman–Crippen LogP) is 2.48. The zero-order chi connectivity index (χ0) is 10.5. The van der Waals surface area contributed by atoms with Crippen LogP contribution >= 0.6 is 0 Å². The van der Waals surface area contributed by atoms with Crippen LogP contribution < -0.4 is 5.32 Å². The number of ether oxygens (including phenoxy) is 1. The fourth-order valence-corrected chi connectivity index (χ4v) is 3.60. The summed E-state index contributed by atoms with van der Waals surface area (Å²) in [6.45, 7) is 5.39. The van der Waals surface area contributed by atoms with Gasteiger partial charge in [-0.15, -0.1) is 0 Å². The molecule has 0 radical (unpaired) electrons. The zero-order valence-corrected chi connectivity index (χ0v) is 10.0. The van der Waals surface area contributed by atoms with Crippen LogP contribution in [0, 0.1) is 5.41 Å². The van der Waals surface area contributed by atoms with E-state index >= 15 is 0 Å². The lowest BCUT2D eigenvalue weighted by Gasteiger charge is -2.57. The van der Waals surface area contributed by atoms with E-state index in [0.29, 0.717) is 6.04 Å². The molecule has 3 fully saturated rings. The van der Waals surface area contributed by atoms with Crippen molar-refractivity contribution in [2.24, 2.45) is 5.41 Å². The van der Waals surface area contributed by atoms with Crippen LogP contribution in [0.5, 0.6) is 0 Å². The first-order valence-corrected chi connectivity index (χ1v) is 6.52. The first-order chi connectivity index (χ1) is 7.12. The molecule has 1 spiro atoms. The molecule has 2 heteroatoms. The van der Waals surface area contributed by atoms with E-state index in [1.54, 1.807) is 0 Å². The van der Waals surface area contributed by atoms with Crippen LogP contribution in [0.4, 0.5) is 0 Å². The Morgan fingerprint density at radius 2 is 1.87 bits per heavy atom. The maximum Gasteiger partial charge on any atom is 0.0779 e. The van der Waals surface area contributed by atoms with Gasteiger partial charge in [0.2, 0.25) is 0 Å². The summed E-state index contributed by atoms with van der Waals surface area (Å²) >= 11 is 0. The zero-order valence-electron chi connectivity index (χ0n) is 10.0. The highest BCUT2D eigenvalue weighted by atomic mass is 16.5. The minimum absolute atomic E-state index is 0.0561. The Morgan fingerprint density at radius 3 is 2.27 bits per heavy atom. The molecule has 1 N–H and O–H groups in total. The van der Waals surface area contributed by atoms with Crippen LogP contribution in [-0.4, -0.2) is 24.3 Å². The maximum absolute atomic E-state index is 5.78. The van der Waals surface area contributed by atoms with Gasteiger partial charge in [-0.1, -0.05) is 6.42 Å². The largest absolute Gasteiger partial charge is 0.374 e. The van der Waals surface area contributed by atoms with E-state index in [0.717, 1.165) is 18.1 Å². The highest BCUT2D eigenvalue weighted by Crippen LogP contribution is 2.56. The smallest absolute Gasteiger partial charge is 0.0779 e. The standard InChI is InChI=1S/C13H23NO/c1-12(2)10(5-9-15-12)14-11-4-8-13(11)6-3-7-13/h10-11,14H,3-9H2,1-2H3. The molecule has 1 aliphatic heterocycles. The van der Waals surface area contributed by atoms with Gasteiger partial charge in [0.05, 0.1) is 5.60 Å². The summed E-state index contributed by atoms with van der Waals surface area (Å²) in [4.78, 5) is 0. The first kappa shape index (κ1) is 10.1. The average molecular weight is 209 g/mol. The summed E-state index contributed by atoms with van der Waals surface area (Å²) in [5.74, 6) is 0. The summed E-state index contributed by atoms with van der Waals surface area (Å²) in [7, 11) is 0. The summed E-state index contributed by atoms with van der Waals surface area (Å²) < 4.78 is 5.78. The fraction of sp³-hybridized carbons (Fsp3) is 1.00. The van der Waals surface area contributed by atoms with Gasteiger partial charge in [-0.2, -0.15) is 0 Å². The van der Waals surface area contributed by atoms with E-state index in [9.17, 15) is 0 Å². The SMILES string of the molecule is CC1(C)OCCC1NC1CCC12CCC2. The molecule has 86 valence electrons. The Morgan fingerprint density at radius 1 is 1.07 bits per heavy atom. The third kappa shape index (κ3) is 1.45. The highest BCUT2D eigenvalue weighted by molar-refractivity contribution is 5.07. The molecule has 2 atom stereocenters. The van der Waals surface area contributed by atoms with Crippen molar-refractivity contribution in [2.45, 2.75) is 70.1 Å². The first-order valence-electron chi connectivity index (χ1n) is 6.52. The average Bonchev–Trinajstić information content (AvgIpc) is 2.36. The van der Waals surface area contributed by atoms with Gasteiger partial charge in [0.15, 0.2) is 0 Å². The molecular weight excluding hydrogens is 186 g/mol. The lowest BCUT2D eigenvalue weighted by Crippen LogP contribution is -2.61. The predicted molar refractivity (Wildman–Crippen MR) is 60.9 cm³/mol. The molecule has 3 rings (SSSR count). The Balaban J connectivity index is 1.61. The molecule has 0 aromatic rings. The molecule has 15 heavy (non-hydrogen) atoms. The molecule has 0 amide bonds. The number of hydrogen-bond acceptors (Lipinski definition) is 2. The van der Waals surface area contributed by atoms with Crippen molar-refractivity contribution in [1.29, 1.82) is 0 Å². The minimum atomic E-state index is 0.0561. The van der Waals surface area contributed by atoms with E-state index in [4.69, 9.17) is 4.74 Å². The van der Waals surface area contributed by atoms with Crippen LogP contribution in [0.15, 0.2) is 0 Å². The quantitative estimate of drug-likeness (QED) is 0.754. The van der Waals surface area contributed by atoms with Gasteiger partial charge in [0.1, 0.15) is 0 Å². The second-order valence-electron chi connectivity index (χ2n) is 6.27. The van der Waals surface area contributed by atoms with Crippen LogP contribution in [0.25, 0.3) is 0 Å². The van der Waals surface area contributed by atoms with E-state index in [1.807, 2.05) is 0 Å². The number of hydrogen-bond donors (Lipinski definition) is 1. The normalized spacial score (nSPS) is 41.2. The summed E-state index contributed by atoms with van der Waals surface area (Å²) in [5.41, 5.74) is 0.777.